The molecule has 6 heteroatoms. The summed E-state index contributed by atoms with van der Waals surface area (Å²) < 4.78 is 0. The van der Waals surface area contributed by atoms with Crippen LogP contribution in [-0.2, 0) is 4.79 Å². The first-order valence-corrected chi connectivity index (χ1v) is 11.6. The molecule has 1 aromatic carbocycles. The van der Waals surface area contributed by atoms with Gasteiger partial charge in [0, 0.05) is 19.6 Å². The lowest BCUT2D eigenvalue weighted by atomic mass is 10.0. The normalized spacial score (nSPS) is 12.2. The molecule has 0 spiro atoms. The zero-order chi connectivity index (χ0) is 22.8. The van der Waals surface area contributed by atoms with E-state index in [1.165, 1.54) is 0 Å². The molecule has 0 aliphatic carbocycles. The van der Waals surface area contributed by atoms with Crippen LogP contribution in [0.5, 0.6) is 0 Å². The highest BCUT2D eigenvalue weighted by atomic mass is 16.1. The van der Waals surface area contributed by atoms with Gasteiger partial charge < -0.3 is 10.2 Å². The Labute approximate surface area is 187 Å². The van der Waals surface area contributed by atoms with Crippen LogP contribution in [-0.4, -0.2) is 35.5 Å². The van der Waals surface area contributed by atoms with Gasteiger partial charge in [0.2, 0.25) is 5.91 Å². The van der Waals surface area contributed by atoms with E-state index in [0.29, 0.717) is 35.4 Å². The number of carbonyl (C=O) groups excluding carboxylic acids is 1. The third kappa shape index (κ3) is 7.20. The first kappa shape index (κ1) is 24.6. The Bertz CT molecular complexity index is 877. The van der Waals surface area contributed by atoms with Crippen LogP contribution in [0.2, 0.25) is 0 Å². The topological polar surface area (TPSA) is 81.9 Å². The molecule has 1 amide bonds. The highest BCUT2D eigenvalue weighted by Gasteiger charge is 2.29. The van der Waals surface area contributed by atoms with Gasteiger partial charge in [-0.05, 0) is 30.4 Å². The first-order chi connectivity index (χ1) is 14.9. The SMILES string of the molecule is CCCCCCNC(=O)C(C#N)c1nc2ccccc2nc1N(CC(C)C)CC(C)C. The molecule has 0 bridgehead atoms. The molecule has 0 aliphatic rings. The molecule has 2 rings (SSSR count). The Hall–Kier alpha value is -2.68. The van der Waals surface area contributed by atoms with Gasteiger partial charge >= 0.3 is 0 Å². The fraction of sp³-hybridized carbons (Fsp3) is 0.600. The summed E-state index contributed by atoms with van der Waals surface area (Å²) >= 11 is 0. The highest BCUT2D eigenvalue weighted by molar-refractivity contribution is 5.88. The Morgan fingerprint density at radius 1 is 1.03 bits per heavy atom. The van der Waals surface area contributed by atoms with E-state index in [2.05, 4.69) is 50.9 Å². The molecule has 1 N–H and O–H groups in total. The van der Waals surface area contributed by atoms with Gasteiger partial charge in [-0.25, -0.2) is 9.97 Å². The number of nitrogens with zero attached hydrogens (tertiary/aromatic N) is 4. The number of rotatable bonds is 12. The minimum atomic E-state index is -0.986. The second-order valence-electron chi connectivity index (χ2n) is 9.03. The molecule has 1 aromatic heterocycles. The summed E-state index contributed by atoms with van der Waals surface area (Å²) in [5.41, 5.74) is 1.93. The van der Waals surface area contributed by atoms with E-state index in [-0.39, 0.29) is 5.91 Å². The highest BCUT2D eigenvalue weighted by Crippen LogP contribution is 2.28. The maximum absolute atomic E-state index is 12.9. The van der Waals surface area contributed by atoms with Crippen molar-refractivity contribution in [2.45, 2.75) is 66.2 Å². The number of anilines is 1. The number of para-hydroxylation sites is 2. The summed E-state index contributed by atoms with van der Waals surface area (Å²) in [4.78, 5) is 24.8. The zero-order valence-corrected chi connectivity index (χ0v) is 19.7. The first-order valence-electron chi connectivity index (χ1n) is 11.6. The van der Waals surface area contributed by atoms with Crippen molar-refractivity contribution in [2.75, 3.05) is 24.5 Å². The van der Waals surface area contributed by atoms with Crippen molar-refractivity contribution in [1.29, 1.82) is 5.26 Å². The maximum atomic E-state index is 12.9. The lowest BCUT2D eigenvalue weighted by Gasteiger charge is -2.29. The Kier molecular flexibility index (Phi) is 9.71. The van der Waals surface area contributed by atoms with Gasteiger partial charge in [0.05, 0.1) is 17.1 Å². The van der Waals surface area contributed by atoms with Gasteiger partial charge in [-0.2, -0.15) is 5.26 Å². The van der Waals surface area contributed by atoms with Gasteiger partial charge in [-0.3, -0.25) is 4.79 Å². The monoisotopic (exact) mass is 423 g/mol. The number of fused-ring (bicyclic) bond motifs is 1. The van der Waals surface area contributed by atoms with Crippen molar-refractivity contribution in [3.63, 3.8) is 0 Å². The number of nitrogens with one attached hydrogen (secondary N) is 1. The quantitative estimate of drug-likeness (QED) is 0.483. The third-order valence-electron chi connectivity index (χ3n) is 5.04. The van der Waals surface area contributed by atoms with Gasteiger partial charge in [-0.1, -0.05) is 66.0 Å². The number of benzene rings is 1. The average Bonchev–Trinajstić information content (AvgIpc) is 2.72. The van der Waals surface area contributed by atoms with Crippen molar-refractivity contribution in [3.05, 3.63) is 30.0 Å². The van der Waals surface area contributed by atoms with E-state index < -0.39 is 5.92 Å². The smallest absolute Gasteiger partial charge is 0.243 e. The zero-order valence-electron chi connectivity index (χ0n) is 19.7. The maximum Gasteiger partial charge on any atom is 0.243 e. The molecule has 0 radical (unpaired) electrons. The van der Waals surface area contributed by atoms with Crippen LogP contribution < -0.4 is 10.2 Å². The van der Waals surface area contributed by atoms with Crippen molar-refractivity contribution < 1.29 is 4.79 Å². The average molecular weight is 424 g/mol. The van der Waals surface area contributed by atoms with E-state index >= 15 is 0 Å². The summed E-state index contributed by atoms with van der Waals surface area (Å²) in [5.74, 6) is 0.188. The number of aromatic nitrogens is 2. The van der Waals surface area contributed by atoms with Crippen molar-refractivity contribution in [3.8, 4) is 6.07 Å². The Morgan fingerprint density at radius 2 is 1.65 bits per heavy atom. The van der Waals surface area contributed by atoms with Crippen LogP contribution in [0.25, 0.3) is 11.0 Å². The molecule has 168 valence electrons. The van der Waals surface area contributed by atoms with Crippen LogP contribution in [0.1, 0.15) is 71.9 Å². The molecule has 2 aromatic rings. The predicted molar refractivity (Wildman–Crippen MR) is 127 cm³/mol. The number of amides is 1. The second kappa shape index (κ2) is 12.2. The molecule has 0 aliphatic heterocycles. The number of nitriles is 1. The van der Waals surface area contributed by atoms with Crippen LogP contribution >= 0.6 is 0 Å². The van der Waals surface area contributed by atoms with Crippen molar-refractivity contribution in [1.82, 2.24) is 15.3 Å². The number of hydrogen-bond donors (Lipinski definition) is 1. The summed E-state index contributed by atoms with van der Waals surface area (Å²) in [6, 6.07) is 9.83. The fourth-order valence-corrected chi connectivity index (χ4v) is 3.67. The summed E-state index contributed by atoms with van der Waals surface area (Å²) in [7, 11) is 0. The molecular weight excluding hydrogens is 386 g/mol. The second-order valence-corrected chi connectivity index (χ2v) is 9.03. The standard InChI is InChI=1S/C25H37N5O/c1-6-7-8-11-14-27-25(31)20(15-26)23-24(30(16-18(2)3)17-19(4)5)29-22-13-10-9-12-21(22)28-23/h9-10,12-13,18-20H,6-8,11,14,16-17H2,1-5H3,(H,27,31). The molecule has 1 unspecified atom stereocenters. The largest absolute Gasteiger partial charge is 0.355 e. The molecule has 0 saturated carbocycles. The minimum Gasteiger partial charge on any atom is -0.355 e. The Balaban J connectivity index is 2.43. The van der Waals surface area contributed by atoms with E-state index in [9.17, 15) is 10.1 Å². The van der Waals surface area contributed by atoms with E-state index in [1.807, 2.05) is 24.3 Å². The number of hydrogen-bond acceptors (Lipinski definition) is 5. The minimum absolute atomic E-state index is 0.293. The van der Waals surface area contributed by atoms with E-state index in [4.69, 9.17) is 9.97 Å². The van der Waals surface area contributed by atoms with E-state index in [0.717, 1.165) is 44.3 Å². The summed E-state index contributed by atoms with van der Waals surface area (Å²) in [6.45, 7) is 12.9. The van der Waals surface area contributed by atoms with E-state index in [1.54, 1.807) is 0 Å². The molecular formula is C25H37N5O. The van der Waals surface area contributed by atoms with Crippen LogP contribution in [0.15, 0.2) is 24.3 Å². The fourth-order valence-electron chi connectivity index (χ4n) is 3.67. The summed E-state index contributed by atoms with van der Waals surface area (Å²) in [6.07, 6.45) is 4.29. The molecule has 0 fully saturated rings. The molecule has 6 nitrogen and oxygen atoms in total. The number of carbonyl (C=O) groups is 1. The predicted octanol–water partition coefficient (Wildman–Crippen LogP) is 5.05. The summed E-state index contributed by atoms with van der Waals surface area (Å²) in [5, 5.41) is 12.9. The van der Waals surface area contributed by atoms with Crippen LogP contribution in [0.3, 0.4) is 0 Å². The van der Waals surface area contributed by atoms with Gasteiger partial charge in [0.15, 0.2) is 11.7 Å². The van der Waals surface area contributed by atoms with Gasteiger partial charge in [0.25, 0.3) is 0 Å². The van der Waals surface area contributed by atoms with Gasteiger partial charge in [-0.15, -0.1) is 0 Å². The lowest BCUT2D eigenvalue weighted by Crippen LogP contribution is -2.35. The molecule has 0 saturated heterocycles. The van der Waals surface area contributed by atoms with Crippen molar-refractivity contribution in [2.24, 2.45) is 11.8 Å². The lowest BCUT2D eigenvalue weighted by molar-refractivity contribution is -0.121. The van der Waals surface area contributed by atoms with Crippen LogP contribution in [0.4, 0.5) is 5.82 Å². The molecule has 1 atom stereocenters. The third-order valence-corrected chi connectivity index (χ3v) is 5.04. The van der Waals surface area contributed by atoms with Gasteiger partial charge in [0.1, 0.15) is 5.69 Å². The Morgan fingerprint density at radius 3 is 2.19 bits per heavy atom. The van der Waals surface area contributed by atoms with Crippen LogP contribution in [0, 0.1) is 23.2 Å². The molecule has 31 heavy (non-hydrogen) atoms. The van der Waals surface area contributed by atoms with Crippen molar-refractivity contribution >= 4 is 22.8 Å². The molecule has 1 heterocycles. The number of unbranched alkanes of at least 4 members (excludes halogenated alkanes) is 3.